The van der Waals surface area contributed by atoms with Crippen LogP contribution in [0.4, 0.5) is 18.9 Å². The van der Waals surface area contributed by atoms with Crippen LogP contribution in [0, 0.1) is 6.92 Å². The van der Waals surface area contributed by atoms with Gasteiger partial charge >= 0.3 is 6.18 Å². The highest BCUT2D eigenvalue weighted by Crippen LogP contribution is 2.33. The van der Waals surface area contributed by atoms with Gasteiger partial charge in [-0.05, 0) is 31.2 Å². The molecule has 0 atom stereocenters. The van der Waals surface area contributed by atoms with Crippen molar-refractivity contribution in [1.29, 1.82) is 0 Å². The molecule has 3 heterocycles. The van der Waals surface area contributed by atoms with Gasteiger partial charge in [0, 0.05) is 37.9 Å². The van der Waals surface area contributed by atoms with E-state index >= 15 is 0 Å². The quantitative estimate of drug-likeness (QED) is 0.470. The Balaban J connectivity index is 1.44. The summed E-state index contributed by atoms with van der Waals surface area (Å²) in [6, 6.07) is 9.06. The fourth-order valence-corrected chi connectivity index (χ4v) is 4.28. The molecular weight excluding hydrogens is 506 g/mol. The van der Waals surface area contributed by atoms with Crippen molar-refractivity contribution in [3.05, 3.63) is 57.8 Å². The van der Waals surface area contributed by atoms with Crippen molar-refractivity contribution in [1.82, 2.24) is 19.7 Å². The molecular formula is C23H22Cl2F3N5O2. The normalized spacial score (nSPS) is 14.4. The summed E-state index contributed by atoms with van der Waals surface area (Å²) in [6.07, 6.45) is -4.59. The molecule has 1 fully saturated rings. The van der Waals surface area contributed by atoms with Gasteiger partial charge in [0.2, 0.25) is 5.91 Å². The number of halogens is 5. The standard InChI is InChI=1S/C23H22Cl2F3N5O2/c1-14-21(25)22(17-4-3-5-19(29-17)23(26,27)28)30-33(14)13-20(34)32-10-8-31(9-11-32)15-6-7-16(24)18(12-15)35-2/h3-7,12H,8-11,13H2,1-2H3. The van der Waals surface area contributed by atoms with Gasteiger partial charge in [0.05, 0.1) is 28.5 Å². The molecule has 1 amide bonds. The van der Waals surface area contributed by atoms with Gasteiger partial charge in [0.1, 0.15) is 23.7 Å². The molecule has 3 aromatic rings. The summed E-state index contributed by atoms with van der Waals surface area (Å²) in [4.78, 5) is 20.5. The highest BCUT2D eigenvalue weighted by Gasteiger charge is 2.33. The van der Waals surface area contributed by atoms with Crippen LogP contribution in [0.2, 0.25) is 10.0 Å². The van der Waals surface area contributed by atoms with E-state index in [9.17, 15) is 18.0 Å². The second kappa shape index (κ2) is 9.94. The van der Waals surface area contributed by atoms with Crippen molar-refractivity contribution in [2.45, 2.75) is 19.6 Å². The summed E-state index contributed by atoms with van der Waals surface area (Å²) in [5, 5.41) is 4.98. The Bertz CT molecular complexity index is 1240. The van der Waals surface area contributed by atoms with Crippen LogP contribution in [-0.2, 0) is 17.5 Å². The molecule has 0 spiro atoms. The fourth-order valence-electron chi connectivity index (χ4n) is 3.85. The molecule has 7 nitrogen and oxygen atoms in total. The molecule has 2 aromatic heterocycles. The van der Waals surface area contributed by atoms with Crippen molar-refractivity contribution in [3.8, 4) is 17.1 Å². The summed E-state index contributed by atoms with van der Waals surface area (Å²) >= 11 is 12.5. The smallest absolute Gasteiger partial charge is 0.433 e. The Morgan fingerprint density at radius 3 is 2.49 bits per heavy atom. The topological polar surface area (TPSA) is 63.5 Å². The SMILES string of the molecule is COc1cc(N2CCN(C(=O)Cn3nc(-c4cccc(C(F)(F)F)n4)c(Cl)c3C)CC2)ccc1Cl. The molecule has 0 aliphatic carbocycles. The third-order valence-corrected chi connectivity index (χ3v) is 6.60. The minimum absolute atomic E-state index is 0.00821. The zero-order valence-electron chi connectivity index (χ0n) is 18.9. The molecule has 0 radical (unpaired) electrons. The predicted molar refractivity (Wildman–Crippen MR) is 127 cm³/mol. The first-order valence-corrected chi connectivity index (χ1v) is 11.5. The van der Waals surface area contributed by atoms with Gasteiger partial charge in [-0.2, -0.15) is 18.3 Å². The molecule has 4 rings (SSSR count). The fraction of sp³-hybridized carbons (Fsp3) is 0.348. The maximum Gasteiger partial charge on any atom is 0.433 e. The molecule has 0 saturated carbocycles. The molecule has 1 aliphatic rings. The number of benzene rings is 1. The maximum atomic E-state index is 13.1. The number of carbonyl (C=O) groups is 1. The molecule has 35 heavy (non-hydrogen) atoms. The molecule has 0 unspecified atom stereocenters. The average Bonchev–Trinajstić information content (AvgIpc) is 3.12. The first kappa shape index (κ1) is 25.1. The van der Waals surface area contributed by atoms with Crippen LogP contribution in [0.1, 0.15) is 11.4 Å². The summed E-state index contributed by atoms with van der Waals surface area (Å²) < 4.78 is 45.8. The number of ether oxygens (including phenoxy) is 1. The molecule has 12 heteroatoms. The number of pyridine rings is 1. The van der Waals surface area contributed by atoms with Crippen LogP contribution in [0.15, 0.2) is 36.4 Å². The van der Waals surface area contributed by atoms with E-state index in [2.05, 4.69) is 15.0 Å². The van der Waals surface area contributed by atoms with Gasteiger partial charge in [-0.15, -0.1) is 0 Å². The second-order valence-corrected chi connectivity index (χ2v) is 8.78. The number of hydrogen-bond donors (Lipinski definition) is 0. The van der Waals surface area contributed by atoms with Crippen LogP contribution in [0.3, 0.4) is 0 Å². The van der Waals surface area contributed by atoms with E-state index in [0.717, 1.165) is 11.8 Å². The largest absolute Gasteiger partial charge is 0.495 e. The zero-order chi connectivity index (χ0) is 25.3. The lowest BCUT2D eigenvalue weighted by molar-refractivity contribution is -0.141. The minimum Gasteiger partial charge on any atom is -0.495 e. The Morgan fingerprint density at radius 2 is 1.83 bits per heavy atom. The van der Waals surface area contributed by atoms with Gasteiger partial charge in [-0.1, -0.05) is 29.3 Å². The van der Waals surface area contributed by atoms with Gasteiger partial charge in [0.25, 0.3) is 0 Å². The Kier molecular flexibility index (Phi) is 7.14. The van der Waals surface area contributed by atoms with Gasteiger partial charge in [0.15, 0.2) is 0 Å². The number of methoxy groups -OCH3 is 1. The highest BCUT2D eigenvalue weighted by molar-refractivity contribution is 6.33. The lowest BCUT2D eigenvalue weighted by atomic mass is 10.2. The van der Waals surface area contributed by atoms with Crippen molar-refractivity contribution in [2.75, 3.05) is 38.2 Å². The highest BCUT2D eigenvalue weighted by atomic mass is 35.5. The summed E-state index contributed by atoms with van der Waals surface area (Å²) in [7, 11) is 1.56. The lowest BCUT2D eigenvalue weighted by Gasteiger charge is -2.36. The number of nitrogens with zero attached hydrogens (tertiary/aromatic N) is 5. The molecule has 1 aliphatic heterocycles. The van der Waals surface area contributed by atoms with E-state index in [1.807, 2.05) is 12.1 Å². The first-order chi connectivity index (χ1) is 16.6. The summed E-state index contributed by atoms with van der Waals surface area (Å²) in [5.41, 5.74) is 0.480. The summed E-state index contributed by atoms with van der Waals surface area (Å²) in [6.45, 7) is 3.81. The molecule has 0 bridgehead atoms. The van der Waals surface area contributed by atoms with E-state index in [-0.39, 0.29) is 28.9 Å². The molecule has 1 saturated heterocycles. The number of rotatable bonds is 5. The number of carbonyl (C=O) groups excluding carboxylic acids is 1. The van der Waals surface area contributed by atoms with Crippen molar-refractivity contribution >= 4 is 34.8 Å². The molecule has 186 valence electrons. The van der Waals surface area contributed by atoms with Crippen LogP contribution in [0.5, 0.6) is 5.75 Å². The van der Waals surface area contributed by atoms with Crippen molar-refractivity contribution in [2.24, 2.45) is 0 Å². The van der Waals surface area contributed by atoms with E-state index in [1.165, 1.54) is 16.8 Å². The number of piperazine rings is 1. The summed E-state index contributed by atoms with van der Waals surface area (Å²) in [5.74, 6) is 0.420. The molecule has 0 N–H and O–H groups in total. The Hall–Kier alpha value is -2.98. The lowest BCUT2D eigenvalue weighted by Crippen LogP contribution is -2.49. The Morgan fingerprint density at radius 1 is 1.11 bits per heavy atom. The van der Waals surface area contributed by atoms with Gasteiger partial charge < -0.3 is 14.5 Å². The number of aromatic nitrogens is 3. The third-order valence-electron chi connectivity index (χ3n) is 5.83. The average molecular weight is 528 g/mol. The maximum absolute atomic E-state index is 13.1. The van der Waals surface area contributed by atoms with Crippen LogP contribution >= 0.6 is 23.2 Å². The number of hydrogen-bond acceptors (Lipinski definition) is 5. The van der Waals surface area contributed by atoms with E-state index in [4.69, 9.17) is 27.9 Å². The number of amides is 1. The van der Waals surface area contributed by atoms with Gasteiger partial charge in [-0.3, -0.25) is 9.48 Å². The van der Waals surface area contributed by atoms with Crippen molar-refractivity contribution < 1.29 is 22.7 Å². The minimum atomic E-state index is -4.59. The van der Waals surface area contributed by atoms with E-state index in [0.29, 0.717) is 42.6 Å². The third kappa shape index (κ3) is 5.33. The second-order valence-electron chi connectivity index (χ2n) is 8.00. The zero-order valence-corrected chi connectivity index (χ0v) is 20.5. The predicted octanol–water partition coefficient (Wildman–Crippen LogP) is 4.94. The van der Waals surface area contributed by atoms with E-state index < -0.39 is 11.9 Å². The van der Waals surface area contributed by atoms with Crippen LogP contribution in [-0.4, -0.2) is 58.9 Å². The first-order valence-electron chi connectivity index (χ1n) is 10.7. The Labute approximate surface area is 210 Å². The van der Waals surface area contributed by atoms with Crippen LogP contribution in [0.25, 0.3) is 11.4 Å². The van der Waals surface area contributed by atoms with Crippen molar-refractivity contribution in [3.63, 3.8) is 0 Å². The van der Waals surface area contributed by atoms with Crippen LogP contribution < -0.4 is 9.64 Å². The molecule has 1 aromatic carbocycles. The monoisotopic (exact) mass is 527 g/mol. The number of alkyl halides is 3. The van der Waals surface area contributed by atoms with E-state index in [1.54, 1.807) is 25.0 Å². The number of anilines is 1. The van der Waals surface area contributed by atoms with Gasteiger partial charge in [-0.25, -0.2) is 4.98 Å².